The van der Waals surface area contributed by atoms with Crippen LogP contribution in [-0.4, -0.2) is 30.1 Å². The maximum atomic E-state index is 12.4. The summed E-state index contributed by atoms with van der Waals surface area (Å²) in [5.74, 6) is -1.21. The number of carboxylic acid groups (broad SMARTS) is 1. The van der Waals surface area contributed by atoms with E-state index in [-0.39, 0.29) is 11.5 Å². The minimum absolute atomic E-state index is 0.0834. The second-order valence-electron chi connectivity index (χ2n) is 5.29. The van der Waals surface area contributed by atoms with E-state index in [1.807, 2.05) is 6.92 Å². The first-order valence-corrected chi connectivity index (χ1v) is 7.27. The number of hydrogen-bond donors (Lipinski definition) is 3. The van der Waals surface area contributed by atoms with Gasteiger partial charge in [0.25, 0.3) is 0 Å². The van der Waals surface area contributed by atoms with Crippen molar-refractivity contribution in [1.82, 2.24) is 5.32 Å². The van der Waals surface area contributed by atoms with Gasteiger partial charge in [0, 0.05) is 11.0 Å². The Morgan fingerprint density at radius 2 is 2.20 bits per heavy atom. The van der Waals surface area contributed by atoms with Gasteiger partial charge in [-0.2, -0.15) is 0 Å². The molecule has 1 heterocycles. The molecule has 0 aliphatic carbocycles. The molecule has 3 N–H and O–H groups in total. The highest BCUT2D eigenvalue weighted by atomic mass is 79.9. The number of nitrogens with one attached hydrogen (secondary N) is 2. The summed E-state index contributed by atoms with van der Waals surface area (Å²) in [5.41, 5.74) is -0.0845. The summed E-state index contributed by atoms with van der Waals surface area (Å²) < 4.78 is 0.665. The highest BCUT2D eigenvalue weighted by Gasteiger charge is 2.35. The van der Waals surface area contributed by atoms with E-state index < -0.39 is 11.4 Å². The first-order chi connectivity index (χ1) is 9.42. The van der Waals surface area contributed by atoms with Gasteiger partial charge in [-0.3, -0.25) is 4.79 Å². The van der Waals surface area contributed by atoms with Gasteiger partial charge in [-0.05, 0) is 44.5 Å². The average molecular weight is 341 g/mol. The molecule has 0 radical (unpaired) electrons. The molecule has 0 saturated carbocycles. The third kappa shape index (κ3) is 3.19. The zero-order valence-electron chi connectivity index (χ0n) is 11.2. The summed E-state index contributed by atoms with van der Waals surface area (Å²) in [6.45, 7) is 3.42. The number of halogens is 1. The molecule has 0 spiro atoms. The zero-order valence-corrected chi connectivity index (χ0v) is 12.8. The molecule has 1 aliphatic heterocycles. The van der Waals surface area contributed by atoms with E-state index in [1.165, 1.54) is 6.07 Å². The minimum Gasteiger partial charge on any atom is -0.478 e. The predicted octanol–water partition coefficient (Wildman–Crippen LogP) is 2.48. The van der Waals surface area contributed by atoms with Crippen LogP contribution in [0.5, 0.6) is 0 Å². The lowest BCUT2D eigenvalue weighted by atomic mass is 9.82. The molecule has 108 valence electrons. The molecule has 0 aromatic heterocycles. The van der Waals surface area contributed by atoms with E-state index in [0.717, 1.165) is 19.4 Å². The molecule has 1 unspecified atom stereocenters. The van der Waals surface area contributed by atoms with Crippen LogP contribution >= 0.6 is 15.9 Å². The first kappa shape index (κ1) is 15.0. The number of anilines is 1. The van der Waals surface area contributed by atoms with Crippen LogP contribution in [0.1, 0.15) is 30.1 Å². The highest BCUT2D eigenvalue weighted by Crippen LogP contribution is 2.29. The van der Waals surface area contributed by atoms with Gasteiger partial charge in [0.05, 0.1) is 16.7 Å². The quantitative estimate of drug-likeness (QED) is 0.789. The molecular weight excluding hydrogens is 324 g/mol. The molecule has 20 heavy (non-hydrogen) atoms. The molecule has 5 nitrogen and oxygen atoms in total. The number of piperidine rings is 1. The molecule has 1 atom stereocenters. The molecule has 1 aromatic rings. The lowest BCUT2D eigenvalue weighted by Crippen LogP contribution is -2.46. The van der Waals surface area contributed by atoms with Crippen LogP contribution in [0.15, 0.2) is 22.7 Å². The minimum atomic E-state index is -1.06. The molecule has 1 fully saturated rings. The van der Waals surface area contributed by atoms with Crippen LogP contribution in [0.4, 0.5) is 5.69 Å². The van der Waals surface area contributed by atoms with Crippen LogP contribution in [-0.2, 0) is 4.79 Å². The van der Waals surface area contributed by atoms with E-state index in [0.29, 0.717) is 16.7 Å². The molecule has 1 aromatic carbocycles. The normalized spacial score (nSPS) is 22.3. The summed E-state index contributed by atoms with van der Waals surface area (Å²) in [5, 5.41) is 15.1. The Morgan fingerprint density at radius 1 is 1.45 bits per heavy atom. The van der Waals surface area contributed by atoms with Crippen molar-refractivity contribution in [2.75, 3.05) is 18.4 Å². The number of aromatic carboxylic acids is 1. The fourth-order valence-electron chi connectivity index (χ4n) is 2.33. The lowest BCUT2D eigenvalue weighted by molar-refractivity contribution is -0.125. The second kappa shape index (κ2) is 5.93. The highest BCUT2D eigenvalue weighted by molar-refractivity contribution is 9.10. The second-order valence-corrected chi connectivity index (χ2v) is 6.21. The molecule has 1 aliphatic rings. The maximum absolute atomic E-state index is 12.4. The van der Waals surface area contributed by atoms with Crippen molar-refractivity contribution in [3.8, 4) is 0 Å². The van der Waals surface area contributed by atoms with Gasteiger partial charge in [0.1, 0.15) is 0 Å². The van der Waals surface area contributed by atoms with Crippen molar-refractivity contribution in [2.45, 2.75) is 19.8 Å². The Labute approximate surface area is 125 Å². The van der Waals surface area contributed by atoms with Crippen molar-refractivity contribution in [3.63, 3.8) is 0 Å². The Morgan fingerprint density at radius 3 is 2.80 bits per heavy atom. The van der Waals surface area contributed by atoms with E-state index in [2.05, 4.69) is 26.6 Å². The zero-order chi connectivity index (χ0) is 14.8. The third-order valence-corrected chi connectivity index (χ3v) is 4.10. The summed E-state index contributed by atoms with van der Waals surface area (Å²) in [7, 11) is 0. The Hall–Kier alpha value is -1.40. The van der Waals surface area contributed by atoms with Crippen molar-refractivity contribution in [2.24, 2.45) is 5.41 Å². The van der Waals surface area contributed by atoms with Gasteiger partial charge in [-0.15, -0.1) is 0 Å². The number of amides is 1. The number of benzene rings is 1. The predicted molar refractivity (Wildman–Crippen MR) is 79.9 cm³/mol. The smallest absolute Gasteiger partial charge is 0.337 e. The maximum Gasteiger partial charge on any atom is 0.337 e. The monoisotopic (exact) mass is 340 g/mol. The number of hydrogen-bond acceptors (Lipinski definition) is 3. The Bertz CT molecular complexity index is 539. The van der Waals surface area contributed by atoms with Gasteiger partial charge < -0.3 is 15.7 Å². The standard InChI is InChI=1S/C14H17BrN2O3/c1-14(5-2-6-16-8-14)13(20)17-11-4-3-9(15)7-10(11)12(18)19/h3-4,7,16H,2,5-6,8H2,1H3,(H,17,20)(H,18,19). The first-order valence-electron chi connectivity index (χ1n) is 6.47. The molecule has 6 heteroatoms. The van der Waals surface area contributed by atoms with Crippen molar-refractivity contribution in [1.29, 1.82) is 0 Å². The van der Waals surface area contributed by atoms with Crippen molar-refractivity contribution in [3.05, 3.63) is 28.2 Å². The molecular formula is C14H17BrN2O3. The van der Waals surface area contributed by atoms with E-state index >= 15 is 0 Å². The van der Waals surface area contributed by atoms with Gasteiger partial charge >= 0.3 is 5.97 Å². The van der Waals surface area contributed by atoms with Gasteiger partial charge in [-0.1, -0.05) is 15.9 Å². The average Bonchev–Trinajstić information content (AvgIpc) is 2.41. The fraction of sp³-hybridized carbons (Fsp3) is 0.429. The van der Waals surface area contributed by atoms with Crippen LogP contribution in [0.25, 0.3) is 0 Å². The van der Waals surface area contributed by atoms with E-state index in [1.54, 1.807) is 12.1 Å². The lowest BCUT2D eigenvalue weighted by Gasteiger charge is -2.32. The van der Waals surface area contributed by atoms with Crippen LogP contribution < -0.4 is 10.6 Å². The van der Waals surface area contributed by atoms with Gasteiger partial charge in [0.2, 0.25) is 5.91 Å². The Kier molecular flexibility index (Phi) is 4.45. The van der Waals surface area contributed by atoms with Crippen molar-refractivity contribution >= 4 is 33.5 Å². The van der Waals surface area contributed by atoms with Crippen LogP contribution in [0.3, 0.4) is 0 Å². The van der Waals surface area contributed by atoms with E-state index in [4.69, 9.17) is 0 Å². The molecule has 1 saturated heterocycles. The third-order valence-electron chi connectivity index (χ3n) is 3.61. The summed E-state index contributed by atoms with van der Waals surface area (Å²) in [6.07, 6.45) is 1.74. The van der Waals surface area contributed by atoms with Crippen molar-refractivity contribution < 1.29 is 14.7 Å². The SMILES string of the molecule is CC1(C(=O)Nc2ccc(Br)cc2C(=O)O)CCCNC1. The summed E-state index contributed by atoms with van der Waals surface area (Å²) in [6, 6.07) is 4.80. The molecule has 1 amide bonds. The van der Waals surface area contributed by atoms with Gasteiger partial charge in [-0.25, -0.2) is 4.79 Å². The number of carbonyl (C=O) groups is 2. The topological polar surface area (TPSA) is 78.4 Å². The fourth-order valence-corrected chi connectivity index (χ4v) is 2.69. The molecule has 0 bridgehead atoms. The molecule has 2 rings (SSSR count). The van der Waals surface area contributed by atoms with Crippen LogP contribution in [0.2, 0.25) is 0 Å². The Balaban J connectivity index is 2.21. The summed E-state index contributed by atoms with van der Waals surface area (Å²) >= 11 is 3.23. The summed E-state index contributed by atoms with van der Waals surface area (Å²) in [4.78, 5) is 23.6. The number of rotatable bonds is 3. The van der Waals surface area contributed by atoms with Gasteiger partial charge in [0.15, 0.2) is 0 Å². The number of carboxylic acids is 1. The van der Waals surface area contributed by atoms with Crippen LogP contribution in [0, 0.1) is 5.41 Å². The number of carbonyl (C=O) groups excluding carboxylic acids is 1. The van der Waals surface area contributed by atoms with E-state index in [9.17, 15) is 14.7 Å². The largest absolute Gasteiger partial charge is 0.478 e.